The number of hydrogen-bond donors (Lipinski definition) is 1. The lowest BCUT2D eigenvalue weighted by Crippen LogP contribution is -2.14. The summed E-state index contributed by atoms with van der Waals surface area (Å²) in [7, 11) is -3.00. The largest absolute Gasteiger partial charge is 0.476 e. The third kappa shape index (κ3) is 4.30. The SMILES string of the molecule is CCCc1c(C(=O)O)nnn1CCCS(=O)(=O)CC. The van der Waals surface area contributed by atoms with E-state index in [4.69, 9.17) is 5.11 Å². The van der Waals surface area contributed by atoms with Crippen LogP contribution in [0.25, 0.3) is 0 Å². The van der Waals surface area contributed by atoms with Crippen molar-refractivity contribution in [1.29, 1.82) is 0 Å². The highest BCUT2D eigenvalue weighted by Crippen LogP contribution is 2.09. The van der Waals surface area contributed by atoms with E-state index in [0.29, 0.717) is 25.1 Å². The lowest BCUT2D eigenvalue weighted by atomic mass is 10.2. The van der Waals surface area contributed by atoms with Crippen LogP contribution in [-0.2, 0) is 22.8 Å². The van der Waals surface area contributed by atoms with Crippen molar-refractivity contribution in [3.63, 3.8) is 0 Å². The van der Waals surface area contributed by atoms with Gasteiger partial charge in [0.1, 0.15) is 9.84 Å². The summed E-state index contributed by atoms with van der Waals surface area (Å²) in [5, 5.41) is 16.4. The molecule has 0 aliphatic rings. The molecule has 0 spiro atoms. The summed E-state index contributed by atoms with van der Waals surface area (Å²) >= 11 is 0. The monoisotopic (exact) mass is 289 g/mol. The molecule has 0 bridgehead atoms. The maximum absolute atomic E-state index is 11.4. The average Bonchev–Trinajstić information content (AvgIpc) is 2.73. The second-order valence-electron chi connectivity index (χ2n) is 4.25. The number of carbonyl (C=O) groups is 1. The van der Waals surface area contributed by atoms with Gasteiger partial charge in [-0.05, 0) is 12.8 Å². The van der Waals surface area contributed by atoms with E-state index in [9.17, 15) is 13.2 Å². The number of nitrogens with zero attached hydrogens (tertiary/aromatic N) is 3. The fourth-order valence-corrected chi connectivity index (χ4v) is 2.60. The van der Waals surface area contributed by atoms with E-state index in [1.54, 1.807) is 6.92 Å². The van der Waals surface area contributed by atoms with Crippen LogP contribution in [0.5, 0.6) is 0 Å². The molecule has 108 valence electrons. The number of sulfone groups is 1. The summed E-state index contributed by atoms with van der Waals surface area (Å²) in [4.78, 5) is 11.0. The molecule has 0 aromatic carbocycles. The van der Waals surface area contributed by atoms with Crippen molar-refractivity contribution < 1.29 is 18.3 Å². The number of hydrogen-bond acceptors (Lipinski definition) is 5. The first-order valence-electron chi connectivity index (χ1n) is 6.27. The minimum absolute atomic E-state index is 0.0415. The average molecular weight is 289 g/mol. The van der Waals surface area contributed by atoms with E-state index in [1.807, 2.05) is 6.92 Å². The summed E-state index contributed by atoms with van der Waals surface area (Å²) in [5.41, 5.74) is 0.518. The number of aromatic carboxylic acids is 1. The topological polar surface area (TPSA) is 102 Å². The standard InChI is InChI=1S/C11H19N3O4S/c1-3-6-9-10(11(15)16)12-13-14(9)7-5-8-19(17,18)4-2/h3-8H2,1-2H3,(H,15,16). The van der Waals surface area contributed by atoms with Crippen LogP contribution in [0.4, 0.5) is 0 Å². The Kier molecular flexibility index (Phi) is 5.46. The summed E-state index contributed by atoms with van der Waals surface area (Å²) in [6.07, 6.45) is 1.76. The highest BCUT2D eigenvalue weighted by Gasteiger charge is 2.18. The molecule has 1 heterocycles. The molecule has 1 aromatic rings. The molecule has 0 amide bonds. The predicted octanol–water partition coefficient (Wildman–Crippen LogP) is 0.754. The zero-order valence-electron chi connectivity index (χ0n) is 11.2. The molecule has 19 heavy (non-hydrogen) atoms. The van der Waals surface area contributed by atoms with E-state index >= 15 is 0 Å². The van der Waals surface area contributed by atoms with Crippen molar-refractivity contribution in [3.05, 3.63) is 11.4 Å². The number of carboxylic acids is 1. The van der Waals surface area contributed by atoms with Crippen molar-refractivity contribution >= 4 is 15.8 Å². The second kappa shape index (κ2) is 6.65. The Morgan fingerprint density at radius 1 is 1.37 bits per heavy atom. The fraction of sp³-hybridized carbons (Fsp3) is 0.727. The molecular formula is C11H19N3O4S. The quantitative estimate of drug-likeness (QED) is 0.757. The maximum atomic E-state index is 11.4. The molecule has 0 aliphatic carbocycles. The van der Waals surface area contributed by atoms with Gasteiger partial charge in [-0.3, -0.25) is 0 Å². The van der Waals surface area contributed by atoms with E-state index in [0.717, 1.165) is 6.42 Å². The van der Waals surface area contributed by atoms with Gasteiger partial charge in [-0.2, -0.15) is 0 Å². The highest BCUT2D eigenvalue weighted by molar-refractivity contribution is 7.91. The summed E-state index contributed by atoms with van der Waals surface area (Å²) in [6, 6.07) is 0. The lowest BCUT2D eigenvalue weighted by molar-refractivity contribution is 0.0689. The third-order valence-electron chi connectivity index (χ3n) is 2.79. The minimum Gasteiger partial charge on any atom is -0.476 e. The minimum atomic E-state index is -3.00. The molecule has 0 saturated carbocycles. The van der Waals surface area contributed by atoms with Crippen LogP contribution in [0, 0.1) is 0 Å². The molecule has 1 aromatic heterocycles. The van der Waals surface area contributed by atoms with Gasteiger partial charge in [0.2, 0.25) is 0 Å². The first-order valence-corrected chi connectivity index (χ1v) is 8.09. The molecule has 0 atom stereocenters. The van der Waals surface area contributed by atoms with Crippen LogP contribution in [-0.4, -0.2) is 46.0 Å². The molecule has 0 aliphatic heterocycles. The number of aryl methyl sites for hydroxylation is 1. The van der Waals surface area contributed by atoms with Gasteiger partial charge in [0, 0.05) is 12.3 Å². The van der Waals surface area contributed by atoms with Gasteiger partial charge in [0.15, 0.2) is 5.69 Å². The van der Waals surface area contributed by atoms with Gasteiger partial charge in [-0.1, -0.05) is 25.5 Å². The van der Waals surface area contributed by atoms with Crippen LogP contribution < -0.4 is 0 Å². The molecule has 1 N–H and O–H groups in total. The highest BCUT2D eigenvalue weighted by atomic mass is 32.2. The van der Waals surface area contributed by atoms with E-state index in [-0.39, 0.29) is 17.2 Å². The Labute approximate surface area is 112 Å². The summed E-state index contributed by atoms with van der Waals surface area (Å²) < 4.78 is 24.2. The van der Waals surface area contributed by atoms with Gasteiger partial charge >= 0.3 is 5.97 Å². The van der Waals surface area contributed by atoms with E-state index < -0.39 is 15.8 Å². The Bertz CT molecular complexity index is 536. The number of aromatic nitrogens is 3. The van der Waals surface area contributed by atoms with Crippen LogP contribution in [0.3, 0.4) is 0 Å². The molecule has 0 radical (unpaired) electrons. The smallest absolute Gasteiger partial charge is 0.358 e. The van der Waals surface area contributed by atoms with Crippen LogP contribution in [0.2, 0.25) is 0 Å². The predicted molar refractivity (Wildman–Crippen MR) is 69.9 cm³/mol. The molecule has 1 rings (SSSR count). The molecule has 0 fully saturated rings. The van der Waals surface area contributed by atoms with Gasteiger partial charge in [-0.15, -0.1) is 5.10 Å². The molecule has 7 nitrogen and oxygen atoms in total. The van der Waals surface area contributed by atoms with Crippen molar-refractivity contribution in [2.75, 3.05) is 11.5 Å². The van der Waals surface area contributed by atoms with E-state index in [2.05, 4.69) is 10.3 Å². The first-order chi connectivity index (χ1) is 8.91. The Morgan fingerprint density at radius 3 is 2.58 bits per heavy atom. The fourth-order valence-electron chi connectivity index (χ4n) is 1.74. The zero-order valence-corrected chi connectivity index (χ0v) is 12.0. The maximum Gasteiger partial charge on any atom is 0.358 e. The van der Waals surface area contributed by atoms with E-state index in [1.165, 1.54) is 4.68 Å². The Hall–Kier alpha value is -1.44. The molecule has 0 saturated heterocycles. The number of rotatable bonds is 8. The van der Waals surface area contributed by atoms with Crippen LogP contribution in [0.15, 0.2) is 0 Å². The Morgan fingerprint density at radius 2 is 2.05 bits per heavy atom. The van der Waals surface area contributed by atoms with Gasteiger partial charge < -0.3 is 5.11 Å². The summed E-state index contributed by atoms with van der Waals surface area (Å²) in [5.74, 6) is -0.903. The van der Waals surface area contributed by atoms with Crippen molar-refractivity contribution in [2.24, 2.45) is 0 Å². The Balaban J connectivity index is 2.76. The second-order valence-corrected chi connectivity index (χ2v) is 6.73. The summed E-state index contributed by atoms with van der Waals surface area (Å²) in [6.45, 7) is 3.91. The van der Waals surface area contributed by atoms with Crippen molar-refractivity contribution in [2.45, 2.75) is 39.7 Å². The molecular weight excluding hydrogens is 270 g/mol. The lowest BCUT2D eigenvalue weighted by Gasteiger charge is -2.06. The number of carboxylic acid groups (broad SMARTS) is 1. The zero-order chi connectivity index (χ0) is 14.5. The van der Waals surface area contributed by atoms with Crippen molar-refractivity contribution in [1.82, 2.24) is 15.0 Å². The van der Waals surface area contributed by atoms with Crippen LogP contribution in [0.1, 0.15) is 42.9 Å². The van der Waals surface area contributed by atoms with Gasteiger partial charge in [0.05, 0.1) is 11.4 Å². The first kappa shape index (κ1) is 15.6. The van der Waals surface area contributed by atoms with Gasteiger partial charge in [-0.25, -0.2) is 17.9 Å². The van der Waals surface area contributed by atoms with Crippen LogP contribution >= 0.6 is 0 Å². The van der Waals surface area contributed by atoms with Gasteiger partial charge in [0.25, 0.3) is 0 Å². The normalized spacial score (nSPS) is 11.7. The molecule has 8 heteroatoms. The van der Waals surface area contributed by atoms with Crippen molar-refractivity contribution in [3.8, 4) is 0 Å². The molecule has 0 unspecified atom stereocenters. The third-order valence-corrected chi connectivity index (χ3v) is 4.58.